The molecule has 2 aliphatic rings. The summed E-state index contributed by atoms with van der Waals surface area (Å²) in [5, 5.41) is 0. The lowest BCUT2D eigenvalue weighted by molar-refractivity contribution is 0.101. The van der Waals surface area contributed by atoms with E-state index in [1.165, 1.54) is 0 Å². The summed E-state index contributed by atoms with van der Waals surface area (Å²) in [6.07, 6.45) is 7.24. The molecule has 174 valence electrons. The van der Waals surface area contributed by atoms with Gasteiger partial charge in [-0.25, -0.2) is 0 Å². The molecule has 0 aromatic heterocycles. The summed E-state index contributed by atoms with van der Waals surface area (Å²) in [7, 11) is 0. The van der Waals surface area contributed by atoms with Crippen molar-refractivity contribution in [2.75, 3.05) is 0 Å². The van der Waals surface area contributed by atoms with Crippen LogP contribution in [-0.2, 0) is 12.8 Å². The van der Waals surface area contributed by atoms with Crippen LogP contribution in [0.3, 0.4) is 0 Å². The van der Waals surface area contributed by atoms with Gasteiger partial charge in [-0.1, -0.05) is 84.9 Å². The van der Waals surface area contributed by atoms with Gasteiger partial charge in [0.1, 0.15) is 0 Å². The van der Waals surface area contributed by atoms with E-state index in [1.807, 2.05) is 84.9 Å². The van der Waals surface area contributed by atoms with Crippen LogP contribution in [0, 0.1) is 0 Å². The van der Waals surface area contributed by atoms with Crippen molar-refractivity contribution in [1.29, 1.82) is 0 Å². The normalized spacial score (nSPS) is 17.2. The van der Waals surface area contributed by atoms with E-state index >= 15 is 0 Å². The molecule has 0 radical (unpaired) electrons. The van der Waals surface area contributed by atoms with Crippen LogP contribution in [0.2, 0.25) is 0 Å². The number of rotatable bonds is 3. The van der Waals surface area contributed by atoms with E-state index in [0.717, 1.165) is 81.3 Å². The summed E-state index contributed by atoms with van der Waals surface area (Å²) in [6.45, 7) is 0. The summed E-state index contributed by atoms with van der Waals surface area (Å²) in [5.74, 6) is 0.202. The van der Waals surface area contributed by atoms with Crippen molar-refractivity contribution < 1.29 is 9.59 Å². The first-order valence-corrected chi connectivity index (χ1v) is 12.5. The number of hydrogen-bond donors (Lipinski definition) is 0. The molecular weight excluding hydrogens is 440 g/mol. The average molecular weight is 467 g/mol. The van der Waals surface area contributed by atoms with Crippen LogP contribution in [0.15, 0.2) is 108 Å². The molecule has 4 aromatic rings. The van der Waals surface area contributed by atoms with Gasteiger partial charge in [-0.05, 0) is 83.3 Å². The van der Waals surface area contributed by atoms with Gasteiger partial charge < -0.3 is 0 Å². The molecule has 0 bridgehead atoms. The molecule has 2 heteroatoms. The maximum atomic E-state index is 13.4. The molecule has 0 unspecified atom stereocenters. The molecule has 0 amide bonds. The Bertz CT molecular complexity index is 1420. The predicted octanol–water partition coefficient (Wildman–Crippen LogP) is 7.78. The van der Waals surface area contributed by atoms with Crippen molar-refractivity contribution in [2.24, 2.45) is 0 Å². The van der Waals surface area contributed by atoms with E-state index in [4.69, 9.17) is 0 Å². The number of Topliss-reactive ketones (excluding diaryl/α,β-unsaturated/α-hetero) is 2. The zero-order chi connectivity index (χ0) is 24.5. The van der Waals surface area contributed by atoms with Crippen molar-refractivity contribution >= 4 is 23.7 Å². The van der Waals surface area contributed by atoms with Gasteiger partial charge in [-0.15, -0.1) is 0 Å². The Hall–Kier alpha value is -4.30. The smallest absolute Gasteiger partial charge is 0.189 e. The monoisotopic (exact) mass is 466 g/mol. The topological polar surface area (TPSA) is 34.1 Å². The Morgan fingerprint density at radius 1 is 0.472 bits per heavy atom. The van der Waals surface area contributed by atoms with Gasteiger partial charge in [0.25, 0.3) is 0 Å². The van der Waals surface area contributed by atoms with E-state index in [9.17, 15) is 9.59 Å². The fourth-order valence-corrected chi connectivity index (χ4v) is 5.26. The summed E-state index contributed by atoms with van der Waals surface area (Å²) in [6, 6.07) is 32.3. The van der Waals surface area contributed by atoms with Crippen molar-refractivity contribution in [3.8, 4) is 11.1 Å². The lowest BCUT2D eigenvalue weighted by Gasteiger charge is -2.20. The molecule has 0 N–H and O–H groups in total. The van der Waals surface area contributed by atoms with Crippen molar-refractivity contribution in [1.82, 2.24) is 0 Å². The van der Waals surface area contributed by atoms with Crippen LogP contribution in [0.25, 0.3) is 23.3 Å². The van der Waals surface area contributed by atoms with Crippen molar-refractivity contribution in [3.05, 3.63) is 142 Å². The van der Waals surface area contributed by atoms with Gasteiger partial charge in [0.2, 0.25) is 0 Å². The van der Waals surface area contributed by atoms with Gasteiger partial charge in [-0.3, -0.25) is 9.59 Å². The minimum absolute atomic E-state index is 0.101. The number of allylic oxidation sites excluding steroid dienone is 2. The third-order valence-electron chi connectivity index (χ3n) is 7.23. The Labute approximate surface area is 211 Å². The van der Waals surface area contributed by atoms with Crippen LogP contribution < -0.4 is 0 Å². The summed E-state index contributed by atoms with van der Waals surface area (Å²) in [5.41, 5.74) is 9.47. The lowest BCUT2D eigenvalue weighted by atomic mass is 9.82. The van der Waals surface area contributed by atoms with Crippen molar-refractivity contribution in [2.45, 2.75) is 25.7 Å². The number of ketones is 2. The second-order valence-corrected chi connectivity index (χ2v) is 9.56. The highest BCUT2D eigenvalue weighted by atomic mass is 16.1. The number of carbonyl (C=O) groups is 2. The van der Waals surface area contributed by atoms with Crippen LogP contribution in [0.5, 0.6) is 0 Å². The second kappa shape index (κ2) is 9.39. The SMILES string of the molecule is O=C1/C(=C\c2ccccc2)CCc2ccc(-c3ccc4c(c3)C(=O)/C(=C/c3ccccc3)CC4)cc21. The van der Waals surface area contributed by atoms with E-state index in [-0.39, 0.29) is 11.6 Å². The molecule has 0 aliphatic heterocycles. The Morgan fingerprint density at radius 3 is 1.31 bits per heavy atom. The first-order valence-electron chi connectivity index (χ1n) is 12.5. The lowest BCUT2D eigenvalue weighted by Crippen LogP contribution is -2.15. The van der Waals surface area contributed by atoms with Crippen LogP contribution in [0.4, 0.5) is 0 Å². The third-order valence-corrected chi connectivity index (χ3v) is 7.23. The molecule has 36 heavy (non-hydrogen) atoms. The fourth-order valence-electron chi connectivity index (χ4n) is 5.26. The Morgan fingerprint density at radius 2 is 0.889 bits per heavy atom. The molecule has 0 saturated carbocycles. The van der Waals surface area contributed by atoms with Crippen molar-refractivity contribution in [3.63, 3.8) is 0 Å². The first-order chi connectivity index (χ1) is 17.7. The quantitative estimate of drug-likeness (QED) is 0.289. The van der Waals surface area contributed by atoms with E-state index in [1.54, 1.807) is 0 Å². The van der Waals surface area contributed by atoms with Crippen LogP contribution in [0.1, 0.15) is 55.8 Å². The fraction of sp³-hybridized carbons (Fsp3) is 0.118. The van der Waals surface area contributed by atoms with Gasteiger partial charge >= 0.3 is 0 Å². The third kappa shape index (κ3) is 4.27. The van der Waals surface area contributed by atoms with Gasteiger partial charge in [0.05, 0.1) is 0 Å². The maximum Gasteiger partial charge on any atom is 0.189 e. The Kier molecular flexibility index (Phi) is 5.79. The molecular formula is C34H26O2. The van der Waals surface area contributed by atoms with Crippen LogP contribution in [-0.4, -0.2) is 11.6 Å². The average Bonchev–Trinajstić information content (AvgIpc) is 2.93. The molecule has 0 saturated heterocycles. The minimum Gasteiger partial charge on any atom is -0.289 e. The van der Waals surface area contributed by atoms with Crippen LogP contribution >= 0.6 is 0 Å². The molecule has 2 nitrogen and oxygen atoms in total. The maximum absolute atomic E-state index is 13.4. The molecule has 2 aliphatic carbocycles. The highest BCUT2D eigenvalue weighted by molar-refractivity contribution is 6.15. The summed E-state index contributed by atoms with van der Waals surface area (Å²) < 4.78 is 0. The molecule has 0 atom stereocenters. The molecule has 4 aromatic carbocycles. The summed E-state index contributed by atoms with van der Waals surface area (Å²) in [4.78, 5) is 26.8. The highest BCUT2D eigenvalue weighted by Crippen LogP contribution is 2.34. The predicted molar refractivity (Wildman–Crippen MR) is 146 cm³/mol. The van der Waals surface area contributed by atoms with Gasteiger partial charge in [0, 0.05) is 22.3 Å². The zero-order valence-electron chi connectivity index (χ0n) is 20.0. The van der Waals surface area contributed by atoms with Gasteiger partial charge in [-0.2, -0.15) is 0 Å². The highest BCUT2D eigenvalue weighted by Gasteiger charge is 2.24. The molecule has 0 fully saturated rings. The Balaban J connectivity index is 1.33. The number of fused-ring (bicyclic) bond motifs is 2. The number of hydrogen-bond acceptors (Lipinski definition) is 2. The molecule has 6 rings (SSSR count). The minimum atomic E-state index is 0.101. The second-order valence-electron chi connectivity index (χ2n) is 9.56. The molecule has 0 spiro atoms. The summed E-state index contributed by atoms with van der Waals surface area (Å²) >= 11 is 0. The molecule has 0 heterocycles. The largest absolute Gasteiger partial charge is 0.289 e. The van der Waals surface area contributed by atoms with E-state index < -0.39 is 0 Å². The standard InChI is InChI=1S/C34H26O2/c35-33-29(19-23-7-3-1-4-8-23)17-13-25-11-15-27(21-31(25)33)28-16-12-26-14-18-30(34(36)32(26)22-28)20-24-9-5-2-6-10-24/h1-12,15-16,19-22H,13-14,17-18H2/b29-19-,30-20+. The van der Waals surface area contributed by atoms with E-state index in [0.29, 0.717) is 0 Å². The zero-order valence-corrected chi connectivity index (χ0v) is 20.0. The first kappa shape index (κ1) is 22.2. The van der Waals surface area contributed by atoms with E-state index in [2.05, 4.69) is 24.3 Å². The number of benzene rings is 4. The number of aryl methyl sites for hydroxylation is 2. The van der Waals surface area contributed by atoms with Gasteiger partial charge in [0.15, 0.2) is 11.6 Å². The number of carbonyl (C=O) groups excluding carboxylic acids is 2.